The smallest absolute Gasteiger partial charge is 0.00949 e. The van der Waals surface area contributed by atoms with Gasteiger partial charge in [0.2, 0.25) is 0 Å². The van der Waals surface area contributed by atoms with Gasteiger partial charge in [0.25, 0.3) is 0 Å². The molecule has 0 aliphatic heterocycles. The second kappa shape index (κ2) is 6.02. The van der Waals surface area contributed by atoms with Gasteiger partial charge in [0.05, 0.1) is 0 Å². The first-order valence-electron chi connectivity index (χ1n) is 5.26. The Bertz CT molecular complexity index is 134. The minimum atomic E-state index is 0.388. The molecule has 0 aliphatic rings. The Morgan fingerprint density at radius 2 is 1.85 bits per heavy atom. The van der Waals surface area contributed by atoms with E-state index < -0.39 is 0 Å². The fourth-order valence-corrected chi connectivity index (χ4v) is 1.61. The van der Waals surface area contributed by atoms with Crippen molar-refractivity contribution >= 4 is 15.9 Å². The van der Waals surface area contributed by atoms with Crippen LogP contribution in [0.1, 0.15) is 41.0 Å². The number of halogens is 1. The Labute approximate surface area is 92.0 Å². The van der Waals surface area contributed by atoms with Crippen molar-refractivity contribution in [1.29, 1.82) is 0 Å². The van der Waals surface area contributed by atoms with Crippen molar-refractivity contribution in [3.8, 4) is 0 Å². The first-order valence-corrected chi connectivity index (χ1v) is 6.39. The molecule has 0 N–H and O–H groups in total. The summed E-state index contributed by atoms with van der Waals surface area (Å²) in [6.07, 6.45) is 1.24. The molecule has 1 atom stereocenters. The zero-order valence-corrected chi connectivity index (χ0v) is 11.3. The monoisotopic (exact) mass is 249 g/mol. The predicted molar refractivity (Wildman–Crippen MR) is 64.6 cm³/mol. The van der Waals surface area contributed by atoms with E-state index in [0.717, 1.165) is 11.9 Å². The highest BCUT2D eigenvalue weighted by Crippen LogP contribution is 2.21. The van der Waals surface area contributed by atoms with Crippen molar-refractivity contribution in [2.75, 3.05) is 18.4 Å². The van der Waals surface area contributed by atoms with Crippen molar-refractivity contribution in [2.24, 2.45) is 5.41 Å². The zero-order valence-electron chi connectivity index (χ0n) is 9.73. The fourth-order valence-electron chi connectivity index (χ4n) is 1.43. The van der Waals surface area contributed by atoms with Crippen LogP contribution in [0, 0.1) is 5.41 Å². The van der Waals surface area contributed by atoms with Crippen LogP contribution in [-0.4, -0.2) is 29.4 Å². The third kappa shape index (κ3) is 5.02. The third-order valence-corrected chi connectivity index (χ3v) is 4.13. The number of alkyl halides is 1. The molecule has 13 heavy (non-hydrogen) atoms. The largest absolute Gasteiger partial charge is 0.300 e. The van der Waals surface area contributed by atoms with E-state index in [4.69, 9.17) is 0 Å². The van der Waals surface area contributed by atoms with Gasteiger partial charge in [-0.2, -0.15) is 0 Å². The summed E-state index contributed by atoms with van der Waals surface area (Å²) in [4.78, 5) is 2.56. The molecule has 0 spiro atoms. The SMILES string of the molecule is CCC(C)N(CC)CC(C)(C)CBr. The Hall–Kier alpha value is 0.440. The molecule has 0 saturated carbocycles. The minimum Gasteiger partial charge on any atom is -0.300 e. The maximum atomic E-state index is 3.57. The molecule has 0 aromatic carbocycles. The first kappa shape index (κ1) is 13.4. The lowest BCUT2D eigenvalue weighted by Gasteiger charge is -2.34. The summed E-state index contributed by atoms with van der Waals surface area (Å²) in [5, 5.41) is 1.08. The van der Waals surface area contributed by atoms with Crippen LogP contribution in [0.15, 0.2) is 0 Å². The molecule has 1 unspecified atom stereocenters. The maximum absolute atomic E-state index is 3.57. The van der Waals surface area contributed by atoms with E-state index in [9.17, 15) is 0 Å². The molecular weight excluding hydrogens is 226 g/mol. The van der Waals surface area contributed by atoms with Gasteiger partial charge in [-0.25, -0.2) is 0 Å². The summed E-state index contributed by atoms with van der Waals surface area (Å²) in [5.41, 5.74) is 0.388. The average molecular weight is 250 g/mol. The fraction of sp³-hybridized carbons (Fsp3) is 1.00. The highest BCUT2D eigenvalue weighted by atomic mass is 79.9. The van der Waals surface area contributed by atoms with Gasteiger partial charge in [0.15, 0.2) is 0 Å². The van der Waals surface area contributed by atoms with Gasteiger partial charge in [0, 0.05) is 17.9 Å². The number of hydrogen-bond acceptors (Lipinski definition) is 1. The van der Waals surface area contributed by atoms with E-state index in [2.05, 4.69) is 55.4 Å². The minimum absolute atomic E-state index is 0.388. The molecule has 80 valence electrons. The molecule has 0 aromatic rings. The molecule has 0 radical (unpaired) electrons. The standard InChI is InChI=1S/C11H24BrN/c1-6-10(3)13(7-2)9-11(4,5)8-12/h10H,6-9H2,1-5H3. The quantitative estimate of drug-likeness (QED) is 0.652. The lowest BCUT2D eigenvalue weighted by atomic mass is 9.95. The molecule has 2 heteroatoms. The molecule has 0 amide bonds. The van der Waals surface area contributed by atoms with Crippen LogP contribution in [0.3, 0.4) is 0 Å². The van der Waals surface area contributed by atoms with Crippen molar-refractivity contribution in [3.05, 3.63) is 0 Å². The van der Waals surface area contributed by atoms with Crippen LogP contribution in [0.2, 0.25) is 0 Å². The molecule has 0 aromatic heterocycles. The average Bonchev–Trinajstić information content (AvgIpc) is 2.13. The van der Waals surface area contributed by atoms with E-state index in [1.807, 2.05) is 0 Å². The second-order valence-electron chi connectivity index (χ2n) is 4.62. The van der Waals surface area contributed by atoms with Crippen molar-refractivity contribution in [3.63, 3.8) is 0 Å². The summed E-state index contributed by atoms with van der Waals surface area (Å²) >= 11 is 3.57. The molecule has 0 saturated heterocycles. The molecule has 1 nitrogen and oxygen atoms in total. The van der Waals surface area contributed by atoms with Crippen LogP contribution >= 0.6 is 15.9 Å². The molecule has 0 aliphatic carbocycles. The van der Waals surface area contributed by atoms with Crippen molar-refractivity contribution in [1.82, 2.24) is 4.90 Å². The first-order chi connectivity index (χ1) is 5.96. The van der Waals surface area contributed by atoms with Crippen molar-refractivity contribution < 1.29 is 0 Å². The van der Waals surface area contributed by atoms with E-state index in [-0.39, 0.29) is 0 Å². The Morgan fingerprint density at radius 3 is 2.15 bits per heavy atom. The normalized spacial score (nSPS) is 15.0. The van der Waals surface area contributed by atoms with Crippen LogP contribution in [-0.2, 0) is 0 Å². The molecule has 0 bridgehead atoms. The lowest BCUT2D eigenvalue weighted by Crippen LogP contribution is -2.40. The van der Waals surface area contributed by atoms with Gasteiger partial charge in [-0.15, -0.1) is 0 Å². The van der Waals surface area contributed by atoms with E-state index in [1.54, 1.807) is 0 Å². The highest BCUT2D eigenvalue weighted by Gasteiger charge is 2.21. The molecule has 0 rings (SSSR count). The Morgan fingerprint density at radius 1 is 1.31 bits per heavy atom. The maximum Gasteiger partial charge on any atom is 0.00949 e. The zero-order chi connectivity index (χ0) is 10.5. The van der Waals surface area contributed by atoms with Gasteiger partial charge in [-0.05, 0) is 25.3 Å². The van der Waals surface area contributed by atoms with Crippen LogP contribution < -0.4 is 0 Å². The van der Waals surface area contributed by atoms with Crippen molar-refractivity contribution in [2.45, 2.75) is 47.1 Å². The van der Waals surface area contributed by atoms with Gasteiger partial charge in [0.1, 0.15) is 0 Å². The molecular formula is C11H24BrN. The lowest BCUT2D eigenvalue weighted by molar-refractivity contribution is 0.154. The highest BCUT2D eigenvalue weighted by molar-refractivity contribution is 9.09. The number of nitrogens with zero attached hydrogens (tertiary/aromatic N) is 1. The second-order valence-corrected chi connectivity index (χ2v) is 5.18. The summed E-state index contributed by atoms with van der Waals surface area (Å²) < 4.78 is 0. The molecule has 0 heterocycles. The molecule has 0 fully saturated rings. The third-order valence-electron chi connectivity index (χ3n) is 2.61. The summed E-state index contributed by atoms with van der Waals surface area (Å²) in [6.45, 7) is 13.8. The Kier molecular flexibility index (Phi) is 6.23. The summed E-state index contributed by atoms with van der Waals surface area (Å²) in [6, 6.07) is 0.711. The summed E-state index contributed by atoms with van der Waals surface area (Å²) in [7, 11) is 0. The topological polar surface area (TPSA) is 3.24 Å². The summed E-state index contributed by atoms with van der Waals surface area (Å²) in [5.74, 6) is 0. The van der Waals surface area contributed by atoms with Gasteiger partial charge in [-0.1, -0.05) is 43.6 Å². The van der Waals surface area contributed by atoms with E-state index >= 15 is 0 Å². The number of hydrogen-bond donors (Lipinski definition) is 0. The predicted octanol–water partition coefficient (Wildman–Crippen LogP) is 3.53. The van der Waals surface area contributed by atoms with Gasteiger partial charge < -0.3 is 4.90 Å². The van der Waals surface area contributed by atoms with Gasteiger partial charge >= 0.3 is 0 Å². The van der Waals surface area contributed by atoms with E-state index in [0.29, 0.717) is 11.5 Å². The van der Waals surface area contributed by atoms with Crippen LogP contribution in [0.5, 0.6) is 0 Å². The van der Waals surface area contributed by atoms with E-state index in [1.165, 1.54) is 13.0 Å². The number of rotatable bonds is 6. The Balaban J connectivity index is 4.11. The van der Waals surface area contributed by atoms with Crippen LogP contribution in [0.25, 0.3) is 0 Å². The van der Waals surface area contributed by atoms with Gasteiger partial charge in [-0.3, -0.25) is 0 Å². The van der Waals surface area contributed by atoms with Crippen LogP contribution in [0.4, 0.5) is 0 Å².